The van der Waals surface area contributed by atoms with Crippen LogP contribution in [0.4, 0.5) is 5.69 Å². The number of nitrogens with zero attached hydrogens (tertiary/aromatic N) is 1. The summed E-state index contributed by atoms with van der Waals surface area (Å²) in [4.78, 5) is 13.3. The minimum absolute atomic E-state index is 0.438. The molecular formula is C16H12ClNO3. The number of carbonyl (C=O) groups excluding carboxylic acids is 1. The summed E-state index contributed by atoms with van der Waals surface area (Å²) in [7, 11) is 0. The number of carbonyl (C=O) groups is 1. The monoisotopic (exact) mass is 301 g/mol. The van der Waals surface area contributed by atoms with E-state index < -0.39 is 17.4 Å². The van der Waals surface area contributed by atoms with Crippen molar-refractivity contribution in [2.75, 3.05) is 4.90 Å². The number of halogens is 1. The summed E-state index contributed by atoms with van der Waals surface area (Å²) in [6, 6.07) is 15.1. The first kappa shape index (κ1) is 13.7. The number of aliphatic hydroxyl groups excluding tert-OH is 1. The predicted octanol–water partition coefficient (Wildman–Crippen LogP) is 2.97. The Kier molecular flexibility index (Phi) is 3.20. The third-order valence-electron chi connectivity index (χ3n) is 3.38. The van der Waals surface area contributed by atoms with E-state index in [-0.39, 0.29) is 0 Å². The van der Waals surface area contributed by atoms with Gasteiger partial charge in [-0.3, -0.25) is 9.69 Å². The number of hydrogen-bond acceptors (Lipinski definition) is 3. The maximum atomic E-state index is 12.2. The van der Waals surface area contributed by atoms with Crippen molar-refractivity contribution in [3.05, 3.63) is 77.0 Å². The van der Waals surface area contributed by atoms with E-state index in [1.54, 1.807) is 54.6 Å². The van der Waals surface area contributed by atoms with Crippen LogP contribution < -0.4 is 4.90 Å². The SMILES string of the molecule is O=C1C(O)=CC(O)(c2ccc(Cl)cc2)N1c1ccccc1. The fourth-order valence-electron chi connectivity index (χ4n) is 2.39. The summed E-state index contributed by atoms with van der Waals surface area (Å²) in [5.41, 5.74) is -0.819. The van der Waals surface area contributed by atoms with Gasteiger partial charge in [-0.25, -0.2) is 0 Å². The van der Waals surface area contributed by atoms with Crippen molar-refractivity contribution in [2.45, 2.75) is 5.72 Å². The Bertz CT molecular complexity index is 712. The molecule has 0 saturated carbocycles. The van der Waals surface area contributed by atoms with E-state index in [0.29, 0.717) is 16.3 Å². The molecule has 1 aliphatic heterocycles. The highest BCUT2D eigenvalue weighted by atomic mass is 35.5. The molecule has 1 heterocycles. The van der Waals surface area contributed by atoms with Gasteiger partial charge >= 0.3 is 0 Å². The van der Waals surface area contributed by atoms with Gasteiger partial charge in [-0.1, -0.05) is 41.9 Å². The van der Waals surface area contributed by atoms with Gasteiger partial charge < -0.3 is 10.2 Å². The van der Waals surface area contributed by atoms with E-state index in [4.69, 9.17) is 11.6 Å². The van der Waals surface area contributed by atoms with Crippen molar-refractivity contribution >= 4 is 23.2 Å². The Balaban J connectivity index is 2.14. The minimum Gasteiger partial charge on any atom is -0.503 e. The highest BCUT2D eigenvalue weighted by Gasteiger charge is 2.46. The van der Waals surface area contributed by atoms with E-state index in [0.717, 1.165) is 11.0 Å². The lowest BCUT2D eigenvalue weighted by molar-refractivity contribution is -0.119. The molecule has 0 spiro atoms. The second-order valence-electron chi connectivity index (χ2n) is 4.74. The molecule has 1 aliphatic rings. The van der Waals surface area contributed by atoms with Gasteiger partial charge in [0.1, 0.15) is 0 Å². The predicted molar refractivity (Wildman–Crippen MR) is 80.0 cm³/mol. The van der Waals surface area contributed by atoms with Crippen molar-refractivity contribution < 1.29 is 15.0 Å². The van der Waals surface area contributed by atoms with Crippen LogP contribution in [-0.2, 0) is 10.5 Å². The molecule has 3 rings (SSSR count). The van der Waals surface area contributed by atoms with Crippen molar-refractivity contribution in [1.29, 1.82) is 0 Å². The molecule has 1 unspecified atom stereocenters. The quantitative estimate of drug-likeness (QED) is 0.896. The fraction of sp³-hybridized carbons (Fsp3) is 0.0625. The number of para-hydroxylation sites is 1. The molecule has 21 heavy (non-hydrogen) atoms. The van der Waals surface area contributed by atoms with Crippen molar-refractivity contribution in [3.63, 3.8) is 0 Å². The molecule has 0 saturated heterocycles. The maximum absolute atomic E-state index is 12.2. The van der Waals surface area contributed by atoms with Crippen LogP contribution in [0.1, 0.15) is 5.56 Å². The van der Waals surface area contributed by atoms with Crippen molar-refractivity contribution in [1.82, 2.24) is 0 Å². The molecule has 106 valence electrons. The van der Waals surface area contributed by atoms with Crippen LogP contribution in [0.25, 0.3) is 0 Å². The Morgan fingerprint density at radius 3 is 2.24 bits per heavy atom. The molecule has 1 amide bonds. The molecule has 0 aliphatic carbocycles. The number of benzene rings is 2. The number of rotatable bonds is 2. The molecule has 2 aromatic rings. The second-order valence-corrected chi connectivity index (χ2v) is 5.18. The lowest BCUT2D eigenvalue weighted by Gasteiger charge is -2.33. The smallest absolute Gasteiger partial charge is 0.295 e. The van der Waals surface area contributed by atoms with E-state index in [9.17, 15) is 15.0 Å². The van der Waals surface area contributed by atoms with Gasteiger partial charge in [-0.2, -0.15) is 0 Å². The molecule has 0 bridgehead atoms. The molecule has 5 heteroatoms. The Morgan fingerprint density at radius 1 is 1.00 bits per heavy atom. The fourth-order valence-corrected chi connectivity index (χ4v) is 2.51. The molecule has 0 fully saturated rings. The highest BCUT2D eigenvalue weighted by Crippen LogP contribution is 2.38. The average Bonchev–Trinajstić information content (AvgIpc) is 2.71. The van der Waals surface area contributed by atoms with Gasteiger partial charge in [-0.15, -0.1) is 0 Å². The van der Waals surface area contributed by atoms with Gasteiger partial charge in [0.15, 0.2) is 11.5 Å². The maximum Gasteiger partial charge on any atom is 0.295 e. The molecule has 1 atom stereocenters. The van der Waals surface area contributed by atoms with Crippen LogP contribution in [0, 0.1) is 0 Å². The van der Waals surface area contributed by atoms with Gasteiger partial charge in [-0.05, 0) is 24.3 Å². The molecule has 4 nitrogen and oxygen atoms in total. The first-order chi connectivity index (χ1) is 10.0. The van der Waals surface area contributed by atoms with E-state index in [1.165, 1.54) is 0 Å². The summed E-state index contributed by atoms with van der Waals surface area (Å²) < 4.78 is 0. The molecule has 2 N–H and O–H groups in total. The van der Waals surface area contributed by atoms with Crippen LogP contribution in [0.15, 0.2) is 66.4 Å². The largest absolute Gasteiger partial charge is 0.503 e. The molecule has 2 aromatic carbocycles. The summed E-state index contributed by atoms with van der Waals surface area (Å²) in [6.07, 6.45) is 1.13. The van der Waals surface area contributed by atoms with Crippen molar-refractivity contribution in [3.8, 4) is 0 Å². The summed E-state index contributed by atoms with van der Waals surface area (Å²) >= 11 is 5.85. The molecular weight excluding hydrogens is 290 g/mol. The van der Waals surface area contributed by atoms with Crippen molar-refractivity contribution in [2.24, 2.45) is 0 Å². The molecule has 0 aromatic heterocycles. The first-order valence-electron chi connectivity index (χ1n) is 6.32. The lowest BCUT2D eigenvalue weighted by atomic mass is 10.0. The summed E-state index contributed by atoms with van der Waals surface area (Å²) in [5.74, 6) is -1.14. The minimum atomic E-state index is -1.74. The van der Waals surface area contributed by atoms with Gasteiger partial charge in [0.05, 0.1) is 0 Å². The van der Waals surface area contributed by atoms with Gasteiger partial charge in [0.2, 0.25) is 0 Å². The second kappa shape index (κ2) is 4.91. The van der Waals surface area contributed by atoms with Crippen LogP contribution in [0.2, 0.25) is 5.02 Å². The normalized spacial score (nSPS) is 21.5. The van der Waals surface area contributed by atoms with Gasteiger partial charge in [0.25, 0.3) is 5.91 Å². The van der Waals surface area contributed by atoms with Crippen LogP contribution >= 0.6 is 11.6 Å². The number of aliphatic hydroxyl groups is 2. The number of hydrogen-bond donors (Lipinski definition) is 2. The van der Waals surface area contributed by atoms with Crippen LogP contribution in [-0.4, -0.2) is 16.1 Å². The average molecular weight is 302 g/mol. The third kappa shape index (κ3) is 2.18. The third-order valence-corrected chi connectivity index (χ3v) is 3.64. The zero-order chi connectivity index (χ0) is 15.0. The van der Waals surface area contributed by atoms with Gasteiger partial charge in [0, 0.05) is 22.3 Å². The highest BCUT2D eigenvalue weighted by molar-refractivity contribution is 6.30. The standard InChI is InChI=1S/C16H12ClNO3/c17-12-8-6-11(7-9-12)16(21)10-14(19)15(20)18(16)13-4-2-1-3-5-13/h1-10,19,21H. The summed E-state index contributed by atoms with van der Waals surface area (Å²) in [6.45, 7) is 0. The zero-order valence-electron chi connectivity index (χ0n) is 10.9. The van der Waals surface area contributed by atoms with Crippen LogP contribution in [0.5, 0.6) is 0 Å². The molecule has 0 radical (unpaired) electrons. The number of amides is 1. The zero-order valence-corrected chi connectivity index (χ0v) is 11.7. The topological polar surface area (TPSA) is 60.8 Å². The number of anilines is 1. The van der Waals surface area contributed by atoms with E-state index in [2.05, 4.69) is 0 Å². The van der Waals surface area contributed by atoms with E-state index in [1.807, 2.05) is 0 Å². The summed E-state index contributed by atoms with van der Waals surface area (Å²) in [5, 5.41) is 21.2. The Morgan fingerprint density at radius 2 is 1.62 bits per heavy atom. The lowest BCUT2D eigenvalue weighted by Crippen LogP contribution is -2.44. The van der Waals surface area contributed by atoms with Crippen LogP contribution in [0.3, 0.4) is 0 Å². The Labute approximate surface area is 126 Å². The first-order valence-corrected chi connectivity index (χ1v) is 6.70. The Hall–Kier alpha value is -2.30. The van der Waals surface area contributed by atoms with E-state index >= 15 is 0 Å².